The number of fused-ring (bicyclic) bond motifs is 1. The van der Waals surface area contributed by atoms with Crippen LogP contribution in [0.15, 0.2) is 53.5 Å². The van der Waals surface area contributed by atoms with E-state index in [9.17, 15) is 14.7 Å². The maximum absolute atomic E-state index is 13.3. The van der Waals surface area contributed by atoms with E-state index < -0.39 is 5.97 Å². The molecular formula is C32H42N4O4. The number of carboxylic acids is 1. The Morgan fingerprint density at radius 1 is 1.02 bits per heavy atom. The second-order valence-electron chi connectivity index (χ2n) is 11.7. The predicted molar refractivity (Wildman–Crippen MR) is 156 cm³/mol. The minimum Gasteiger partial charge on any atom is -0.481 e. The fourth-order valence-corrected chi connectivity index (χ4v) is 6.75. The number of carboxylic acid groups (broad SMARTS) is 1. The summed E-state index contributed by atoms with van der Waals surface area (Å²) in [5.74, 6) is 1.68. The van der Waals surface area contributed by atoms with Gasteiger partial charge in [0.2, 0.25) is 5.91 Å². The van der Waals surface area contributed by atoms with Crippen molar-refractivity contribution in [1.82, 2.24) is 9.80 Å². The average molecular weight is 547 g/mol. The Labute approximate surface area is 237 Å². The highest BCUT2D eigenvalue weighted by Crippen LogP contribution is 2.37. The quantitative estimate of drug-likeness (QED) is 0.395. The van der Waals surface area contributed by atoms with E-state index in [4.69, 9.17) is 15.5 Å². The highest BCUT2D eigenvalue weighted by atomic mass is 16.5. The van der Waals surface area contributed by atoms with Crippen molar-refractivity contribution in [3.8, 4) is 11.5 Å². The number of para-hydroxylation sites is 1. The van der Waals surface area contributed by atoms with Crippen LogP contribution in [0.4, 0.5) is 5.69 Å². The predicted octanol–water partition coefficient (Wildman–Crippen LogP) is 6.07. The number of nitrogens with two attached hydrogens (primary N) is 1. The van der Waals surface area contributed by atoms with Gasteiger partial charge in [0.1, 0.15) is 11.5 Å². The Hall–Kier alpha value is -3.55. The smallest absolute Gasteiger partial charge is 0.306 e. The van der Waals surface area contributed by atoms with Gasteiger partial charge in [-0.2, -0.15) is 0 Å². The number of carbonyl (C=O) groups excluding carboxylic acids is 1. The lowest BCUT2D eigenvalue weighted by Gasteiger charge is -2.41. The molecule has 1 aliphatic heterocycles. The molecule has 2 aromatic rings. The Morgan fingerprint density at radius 3 is 2.45 bits per heavy atom. The van der Waals surface area contributed by atoms with Crippen LogP contribution in [0.2, 0.25) is 0 Å². The number of hydrogen-bond donors (Lipinski definition) is 2. The van der Waals surface area contributed by atoms with Crippen LogP contribution >= 0.6 is 0 Å². The maximum Gasteiger partial charge on any atom is 0.306 e. The van der Waals surface area contributed by atoms with Crippen molar-refractivity contribution in [2.24, 2.45) is 22.6 Å². The number of rotatable bonds is 9. The van der Waals surface area contributed by atoms with E-state index in [1.54, 1.807) is 0 Å². The average Bonchev–Trinajstić information content (AvgIpc) is 2.98. The van der Waals surface area contributed by atoms with Gasteiger partial charge in [0.05, 0.1) is 11.6 Å². The Balaban J connectivity index is 1.27. The summed E-state index contributed by atoms with van der Waals surface area (Å²) < 4.78 is 6.08. The summed E-state index contributed by atoms with van der Waals surface area (Å²) in [6, 6.07) is 15.9. The topological polar surface area (TPSA) is 108 Å². The summed E-state index contributed by atoms with van der Waals surface area (Å²) in [7, 11) is 1.88. The molecule has 2 aliphatic carbocycles. The fourth-order valence-electron chi connectivity index (χ4n) is 6.75. The van der Waals surface area contributed by atoms with E-state index in [-0.39, 0.29) is 23.9 Å². The normalized spacial score (nSPS) is 22.1. The van der Waals surface area contributed by atoms with E-state index >= 15 is 0 Å². The third kappa shape index (κ3) is 6.60. The lowest BCUT2D eigenvalue weighted by Crippen LogP contribution is -2.49. The third-order valence-electron chi connectivity index (χ3n) is 9.14. The molecule has 8 nitrogen and oxygen atoms in total. The molecule has 0 saturated heterocycles. The summed E-state index contributed by atoms with van der Waals surface area (Å²) >= 11 is 0. The van der Waals surface area contributed by atoms with Crippen molar-refractivity contribution < 1.29 is 19.4 Å². The van der Waals surface area contributed by atoms with Crippen molar-refractivity contribution in [1.29, 1.82) is 0 Å². The van der Waals surface area contributed by atoms with Crippen molar-refractivity contribution in [2.75, 3.05) is 7.05 Å². The lowest BCUT2D eigenvalue weighted by molar-refractivity contribution is -0.143. The second-order valence-corrected chi connectivity index (χ2v) is 11.7. The van der Waals surface area contributed by atoms with E-state index in [1.807, 2.05) is 54.4 Å². The number of amides is 1. The molecule has 8 heteroatoms. The van der Waals surface area contributed by atoms with Crippen LogP contribution in [-0.2, 0) is 16.1 Å². The van der Waals surface area contributed by atoms with Crippen LogP contribution in [0.25, 0.3) is 0 Å². The van der Waals surface area contributed by atoms with Gasteiger partial charge in [-0.25, -0.2) is 4.99 Å². The van der Waals surface area contributed by atoms with Crippen molar-refractivity contribution in [3.63, 3.8) is 0 Å². The number of hydrogen-bond acceptors (Lipinski definition) is 6. The zero-order valence-electron chi connectivity index (χ0n) is 23.5. The van der Waals surface area contributed by atoms with Crippen LogP contribution in [0.3, 0.4) is 0 Å². The van der Waals surface area contributed by atoms with Gasteiger partial charge in [-0.15, -0.1) is 0 Å². The Morgan fingerprint density at radius 2 is 1.75 bits per heavy atom. The first-order valence-electron chi connectivity index (χ1n) is 14.8. The molecule has 1 heterocycles. The highest BCUT2D eigenvalue weighted by Gasteiger charge is 2.34. The maximum atomic E-state index is 13.3. The van der Waals surface area contributed by atoms with Crippen molar-refractivity contribution in [2.45, 2.75) is 89.3 Å². The van der Waals surface area contributed by atoms with Crippen LogP contribution in [-0.4, -0.2) is 51.9 Å². The van der Waals surface area contributed by atoms with E-state index in [0.717, 1.165) is 54.9 Å². The molecule has 5 rings (SSSR count). The molecule has 2 aromatic carbocycles. The number of benzene rings is 2. The summed E-state index contributed by atoms with van der Waals surface area (Å²) in [6.45, 7) is 0.640. The first kappa shape index (κ1) is 28.0. The van der Waals surface area contributed by atoms with Gasteiger partial charge in [-0.1, -0.05) is 37.5 Å². The number of carbonyl (C=O) groups is 2. The van der Waals surface area contributed by atoms with Crippen molar-refractivity contribution >= 4 is 23.5 Å². The monoisotopic (exact) mass is 546 g/mol. The second kappa shape index (κ2) is 12.7. The van der Waals surface area contributed by atoms with E-state index in [2.05, 4.69) is 11.0 Å². The van der Waals surface area contributed by atoms with Gasteiger partial charge in [0.15, 0.2) is 5.96 Å². The van der Waals surface area contributed by atoms with Gasteiger partial charge in [-0.3, -0.25) is 9.59 Å². The first-order valence-corrected chi connectivity index (χ1v) is 14.8. The summed E-state index contributed by atoms with van der Waals surface area (Å²) in [5, 5.41) is 9.32. The number of nitrogens with zero attached hydrogens (tertiary/aromatic N) is 3. The zero-order chi connectivity index (χ0) is 28.1. The molecule has 2 saturated carbocycles. The number of ether oxygens (including phenoxy) is 1. The molecule has 0 radical (unpaired) electrons. The molecule has 1 atom stereocenters. The van der Waals surface area contributed by atoms with E-state index in [1.165, 1.54) is 19.3 Å². The largest absolute Gasteiger partial charge is 0.481 e. The molecule has 1 amide bonds. The van der Waals surface area contributed by atoms with Crippen LogP contribution < -0.4 is 10.5 Å². The van der Waals surface area contributed by atoms with Gasteiger partial charge in [-0.05, 0) is 81.2 Å². The first-order chi connectivity index (χ1) is 19.4. The molecule has 40 heavy (non-hydrogen) atoms. The van der Waals surface area contributed by atoms with Gasteiger partial charge in [0.25, 0.3) is 0 Å². The van der Waals surface area contributed by atoms with Crippen LogP contribution in [0.1, 0.15) is 76.2 Å². The third-order valence-corrected chi connectivity index (χ3v) is 9.14. The minimum atomic E-state index is -0.719. The van der Waals surface area contributed by atoms with Crippen LogP contribution in [0, 0.1) is 11.8 Å². The number of aliphatic carboxylic acids is 1. The molecule has 214 valence electrons. The molecular weight excluding hydrogens is 504 g/mol. The summed E-state index contributed by atoms with van der Waals surface area (Å²) in [5.41, 5.74) is 8.52. The molecule has 2 fully saturated rings. The van der Waals surface area contributed by atoms with Gasteiger partial charge >= 0.3 is 5.97 Å². The molecule has 1 unspecified atom stereocenters. The van der Waals surface area contributed by atoms with Crippen molar-refractivity contribution in [3.05, 3.63) is 54.1 Å². The lowest BCUT2D eigenvalue weighted by atomic mass is 9.81. The van der Waals surface area contributed by atoms with Gasteiger partial charge in [0, 0.05) is 37.7 Å². The Bertz CT molecular complexity index is 1200. The highest BCUT2D eigenvalue weighted by molar-refractivity contribution is 5.84. The zero-order valence-corrected chi connectivity index (χ0v) is 23.5. The summed E-state index contributed by atoms with van der Waals surface area (Å²) in [4.78, 5) is 33.5. The van der Waals surface area contributed by atoms with E-state index in [0.29, 0.717) is 37.7 Å². The molecule has 3 aliphatic rings. The van der Waals surface area contributed by atoms with Gasteiger partial charge < -0.3 is 25.4 Å². The molecule has 0 spiro atoms. The minimum absolute atomic E-state index is 0.118. The Kier molecular flexibility index (Phi) is 8.92. The number of aliphatic imine (C=N–C) groups is 1. The standard InChI is InChI=1S/C32H42N4O4/c1-35(25-14-12-23(13-15-25)31(38)39)30(37)19-18-29(22-8-4-2-5-9-22)36-21-24-20-27(16-17-28(24)34-32(36)33)40-26-10-6-3-7-11-26/h3,6-7,10-11,16-17,20,22-23,25,29H,2,4-5,8-9,12-15,18-19,21H2,1H3,(H2,33,34)(H,38,39). The molecule has 3 N–H and O–H groups in total. The van der Waals surface area contributed by atoms with Crippen LogP contribution in [0.5, 0.6) is 11.5 Å². The molecule has 0 aromatic heterocycles. The fraction of sp³-hybridized carbons (Fsp3) is 0.531. The SMILES string of the molecule is CN(C(=O)CCC(C1CCCCC1)N1Cc2cc(Oc3ccccc3)ccc2N=C1N)C1CCC(C(=O)O)CC1. The number of guanidine groups is 1. The molecule has 0 bridgehead atoms. The summed E-state index contributed by atoms with van der Waals surface area (Å²) in [6.07, 6.45) is 9.91.